The van der Waals surface area contributed by atoms with Crippen LogP contribution in [0.1, 0.15) is 52.9 Å². The number of carbonyl (C=O) groups is 2. The molecule has 0 amide bonds. The predicted octanol–water partition coefficient (Wildman–Crippen LogP) is 3.04. The number of hydrogen-bond acceptors (Lipinski definition) is 3. The van der Waals surface area contributed by atoms with Gasteiger partial charge in [-0.15, -0.1) is 6.42 Å². The second-order valence-electron chi connectivity index (χ2n) is 5.51. The summed E-state index contributed by atoms with van der Waals surface area (Å²) in [6.45, 7) is 6.30. The summed E-state index contributed by atoms with van der Waals surface area (Å²) in [7, 11) is 0. The van der Waals surface area contributed by atoms with E-state index in [9.17, 15) is 9.59 Å². The normalized spacial score (nSPS) is 21.3. The summed E-state index contributed by atoms with van der Waals surface area (Å²) < 4.78 is 4.95. The molecule has 0 radical (unpaired) electrons. The fourth-order valence-electron chi connectivity index (χ4n) is 2.49. The van der Waals surface area contributed by atoms with E-state index in [2.05, 4.69) is 19.8 Å². The topological polar surface area (TPSA) is 43.4 Å². The van der Waals surface area contributed by atoms with Crippen LogP contribution >= 0.6 is 0 Å². The number of Topliss-reactive ketones (excluding diaryl/α,β-unsaturated/α-hetero) is 1. The molecule has 104 valence electrons. The van der Waals surface area contributed by atoms with Crippen molar-refractivity contribution in [2.24, 2.45) is 5.41 Å². The number of esters is 1. The number of rotatable bonds is 3. The van der Waals surface area contributed by atoms with Crippen molar-refractivity contribution in [1.29, 1.82) is 0 Å². The summed E-state index contributed by atoms with van der Waals surface area (Å²) in [5.41, 5.74) is 1.63. The largest absolute Gasteiger partial charge is 0.466 e. The Labute approximate surface area is 115 Å². The van der Waals surface area contributed by atoms with Crippen molar-refractivity contribution >= 4 is 11.8 Å². The molecule has 3 heteroatoms. The minimum absolute atomic E-state index is 0.125. The van der Waals surface area contributed by atoms with Gasteiger partial charge in [0.05, 0.1) is 13.0 Å². The Balaban J connectivity index is 3.03. The SMILES string of the molecule is C#C/C(CC(=O)OCC)=C1/CCC(=O)CCC1(C)C. The van der Waals surface area contributed by atoms with Crippen LogP contribution in [0.3, 0.4) is 0 Å². The minimum Gasteiger partial charge on any atom is -0.466 e. The van der Waals surface area contributed by atoms with E-state index in [4.69, 9.17) is 11.2 Å². The van der Waals surface area contributed by atoms with E-state index in [1.807, 2.05) is 0 Å². The molecule has 0 atom stereocenters. The average Bonchev–Trinajstić information content (AvgIpc) is 2.47. The summed E-state index contributed by atoms with van der Waals surface area (Å²) in [4.78, 5) is 23.2. The van der Waals surface area contributed by atoms with Crippen LogP contribution in [0.15, 0.2) is 11.1 Å². The average molecular weight is 262 g/mol. The molecule has 1 aliphatic carbocycles. The lowest BCUT2D eigenvalue weighted by Gasteiger charge is -2.27. The zero-order chi connectivity index (χ0) is 14.5. The van der Waals surface area contributed by atoms with Gasteiger partial charge in [0.25, 0.3) is 0 Å². The second kappa shape index (κ2) is 6.56. The van der Waals surface area contributed by atoms with Gasteiger partial charge in [-0.2, -0.15) is 0 Å². The molecule has 0 spiro atoms. The lowest BCUT2D eigenvalue weighted by molar-refractivity contribution is -0.142. The van der Waals surface area contributed by atoms with Gasteiger partial charge in [-0.25, -0.2) is 0 Å². The highest BCUT2D eigenvalue weighted by Gasteiger charge is 2.30. The summed E-state index contributed by atoms with van der Waals surface area (Å²) in [6.07, 6.45) is 8.25. The summed E-state index contributed by atoms with van der Waals surface area (Å²) in [5.74, 6) is 2.60. The van der Waals surface area contributed by atoms with Crippen molar-refractivity contribution in [1.82, 2.24) is 0 Å². The van der Waals surface area contributed by atoms with Gasteiger partial charge in [0.1, 0.15) is 5.78 Å². The highest BCUT2D eigenvalue weighted by Crippen LogP contribution is 2.40. The van der Waals surface area contributed by atoms with Gasteiger partial charge < -0.3 is 4.74 Å². The molecule has 3 nitrogen and oxygen atoms in total. The quantitative estimate of drug-likeness (QED) is 0.446. The van der Waals surface area contributed by atoms with E-state index < -0.39 is 0 Å². The molecule has 19 heavy (non-hydrogen) atoms. The Hall–Kier alpha value is -1.56. The highest BCUT2D eigenvalue weighted by atomic mass is 16.5. The molecule has 0 aromatic carbocycles. The van der Waals surface area contributed by atoms with Crippen LogP contribution in [0, 0.1) is 17.8 Å². The number of hydrogen-bond donors (Lipinski definition) is 0. The molecule has 1 aliphatic rings. The molecule has 0 N–H and O–H groups in total. The van der Waals surface area contributed by atoms with Crippen LogP contribution in [0.2, 0.25) is 0 Å². The molecule has 1 rings (SSSR count). The summed E-state index contributed by atoms with van der Waals surface area (Å²) >= 11 is 0. The summed E-state index contributed by atoms with van der Waals surface area (Å²) in [5, 5.41) is 0. The van der Waals surface area contributed by atoms with E-state index in [0.29, 0.717) is 31.4 Å². The third-order valence-electron chi connectivity index (χ3n) is 3.66. The monoisotopic (exact) mass is 262 g/mol. The van der Waals surface area contributed by atoms with Crippen LogP contribution < -0.4 is 0 Å². The van der Waals surface area contributed by atoms with E-state index in [0.717, 1.165) is 12.0 Å². The lowest BCUT2D eigenvalue weighted by atomic mass is 9.77. The number of ketones is 1. The van der Waals surface area contributed by atoms with Gasteiger partial charge >= 0.3 is 5.97 Å². The molecule has 0 bridgehead atoms. The maximum absolute atomic E-state index is 11.6. The van der Waals surface area contributed by atoms with Crippen molar-refractivity contribution in [3.8, 4) is 12.3 Å². The van der Waals surface area contributed by atoms with Crippen LogP contribution in [0.4, 0.5) is 0 Å². The third-order valence-corrected chi connectivity index (χ3v) is 3.66. The van der Waals surface area contributed by atoms with Gasteiger partial charge in [0.15, 0.2) is 0 Å². The fraction of sp³-hybridized carbons (Fsp3) is 0.625. The molecule has 1 fully saturated rings. The fourth-order valence-corrected chi connectivity index (χ4v) is 2.49. The Morgan fingerprint density at radius 2 is 2.05 bits per heavy atom. The van der Waals surface area contributed by atoms with Crippen molar-refractivity contribution in [2.45, 2.75) is 52.9 Å². The van der Waals surface area contributed by atoms with Crippen molar-refractivity contribution < 1.29 is 14.3 Å². The molecule has 0 saturated heterocycles. The zero-order valence-electron chi connectivity index (χ0n) is 12.0. The highest BCUT2D eigenvalue weighted by molar-refractivity contribution is 5.80. The first-order chi connectivity index (χ1) is 8.90. The molecule has 1 saturated carbocycles. The number of carbonyl (C=O) groups excluding carboxylic acids is 2. The number of ether oxygens (including phenoxy) is 1. The Morgan fingerprint density at radius 3 is 2.63 bits per heavy atom. The molecular weight excluding hydrogens is 240 g/mol. The summed E-state index contributed by atoms with van der Waals surface area (Å²) in [6, 6.07) is 0. The lowest BCUT2D eigenvalue weighted by Crippen LogP contribution is -2.17. The van der Waals surface area contributed by atoms with Crippen molar-refractivity contribution in [3.63, 3.8) is 0 Å². The van der Waals surface area contributed by atoms with Gasteiger partial charge in [0.2, 0.25) is 0 Å². The van der Waals surface area contributed by atoms with E-state index in [-0.39, 0.29) is 23.6 Å². The van der Waals surface area contributed by atoms with Crippen LogP contribution in [0.25, 0.3) is 0 Å². The van der Waals surface area contributed by atoms with Crippen molar-refractivity contribution in [2.75, 3.05) is 6.61 Å². The van der Waals surface area contributed by atoms with Crippen LogP contribution in [0.5, 0.6) is 0 Å². The molecule has 0 unspecified atom stereocenters. The third kappa shape index (κ3) is 4.24. The van der Waals surface area contributed by atoms with Gasteiger partial charge in [-0.05, 0) is 25.2 Å². The van der Waals surface area contributed by atoms with Gasteiger partial charge in [-0.3, -0.25) is 9.59 Å². The number of allylic oxidation sites excluding steroid dienone is 1. The van der Waals surface area contributed by atoms with E-state index in [1.165, 1.54) is 0 Å². The standard InChI is InChI=1S/C16H22O3/c1-5-12(11-15(18)19-6-2)14-8-7-13(17)9-10-16(14,3)4/h1H,6-11H2,2-4H3/b14-12+. The first-order valence-electron chi connectivity index (χ1n) is 6.77. The van der Waals surface area contributed by atoms with Crippen molar-refractivity contribution in [3.05, 3.63) is 11.1 Å². The minimum atomic E-state index is -0.297. The van der Waals surface area contributed by atoms with Crippen LogP contribution in [-0.4, -0.2) is 18.4 Å². The van der Waals surface area contributed by atoms with Gasteiger partial charge in [-0.1, -0.05) is 25.3 Å². The predicted molar refractivity (Wildman–Crippen MR) is 74.4 cm³/mol. The van der Waals surface area contributed by atoms with E-state index >= 15 is 0 Å². The Kier molecular flexibility index (Phi) is 5.35. The Morgan fingerprint density at radius 1 is 1.37 bits per heavy atom. The number of terminal acetylenes is 1. The molecule has 0 aromatic heterocycles. The molecule has 0 aromatic rings. The maximum Gasteiger partial charge on any atom is 0.310 e. The Bertz CT molecular complexity index is 435. The van der Waals surface area contributed by atoms with Crippen LogP contribution in [-0.2, 0) is 14.3 Å². The van der Waals surface area contributed by atoms with Gasteiger partial charge in [0, 0.05) is 18.4 Å². The maximum atomic E-state index is 11.6. The van der Waals surface area contributed by atoms with E-state index in [1.54, 1.807) is 6.92 Å². The molecule has 0 heterocycles. The smallest absolute Gasteiger partial charge is 0.310 e. The zero-order valence-corrected chi connectivity index (χ0v) is 12.0. The second-order valence-corrected chi connectivity index (χ2v) is 5.51. The first kappa shape index (κ1) is 15.5. The first-order valence-corrected chi connectivity index (χ1v) is 6.77. The molecule has 0 aliphatic heterocycles. The molecular formula is C16H22O3.